The summed E-state index contributed by atoms with van der Waals surface area (Å²) >= 11 is 0. The van der Waals surface area contributed by atoms with Crippen LogP contribution in [0.3, 0.4) is 0 Å². The van der Waals surface area contributed by atoms with Gasteiger partial charge in [-0.2, -0.15) is 4.98 Å². The lowest BCUT2D eigenvalue weighted by Gasteiger charge is -2.08. The minimum Gasteiger partial charge on any atom is -0.485 e. The third kappa shape index (κ3) is 4.94. The second-order valence-corrected chi connectivity index (χ2v) is 5.07. The molecule has 1 aliphatic heterocycles. The van der Waals surface area contributed by atoms with E-state index in [2.05, 4.69) is 20.8 Å². The molecule has 2 N–H and O–H groups in total. The Morgan fingerprint density at radius 1 is 1.39 bits per heavy atom. The van der Waals surface area contributed by atoms with Crippen LogP contribution in [0.2, 0.25) is 0 Å². The van der Waals surface area contributed by atoms with Crippen LogP contribution in [-0.4, -0.2) is 28.6 Å². The van der Waals surface area contributed by atoms with Crippen molar-refractivity contribution in [1.82, 2.24) is 20.8 Å². The number of hydrogen-bond donors (Lipinski definition) is 2. The molecule has 8 heteroatoms. The van der Waals surface area contributed by atoms with Gasteiger partial charge in [-0.25, -0.2) is 0 Å². The zero-order chi connectivity index (χ0) is 15.2. The van der Waals surface area contributed by atoms with Crippen LogP contribution in [0.5, 0.6) is 5.75 Å². The Labute approximate surface area is 140 Å². The van der Waals surface area contributed by atoms with Crippen LogP contribution < -0.4 is 15.4 Å². The van der Waals surface area contributed by atoms with E-state index in [4.69, 9.17) is 9.26 Å². The Balaban J connectivity index is 0.00000192. The number of nitrogens with one attached hydrogen (secondary N) is 2. The van der Waals surface area contributed by atoms with E-state index in [-0.39, 0.29) is 37.5 Å². The van der Waals surface area contributed by atoms with Crippen molar-refractivity contribution in [2.24, 2.45) is 0 Å². The van der Waals surface area contributed by atoms with Gasteiger partial charge >= 0.3 is 0 Å². The monoisotopic (exact) mass is 338 g/mol. The van der Waals surface area contributed by atoms with Crippen LogP contribution in [0.1, 0.15) is 24.6 Å². The zero-order valence-electron chi connectivity index (χ0n) is 12.5. The average molecular weight is 339 g/mol. The molecule has 0 spiro atoms. The first-order chi connectivity index (χ1) is 10.8. The first-order valence-corrected chi connectivity index (χ1v) is 7.31. The molecular formula is C15H19ClN4O3. The largest absolute Gasteiger partial charge is 0.485 e. The highest BCUT2D eigenvalue weighted by Crippen LogP contribution is 2.10. The number of ether oxygens (including phenoxy) is 1. The molecule has 23 heavy (non-hydrogen) atoms. The third-order valence-corrected chi connectivity index (χ3v) is 3.41. The fraction of sp³-hybridized carbons (Fsp3) is 0.400. The number of rotatable bonds is 6. The van der Waals surface area contributed by atoms with E-state index in [0.29, 0.717) is 11.7 Å². The third-order valence-electron chi connectivity index (χ3n) is 3.41. The molecule has 0 radical (unpaired) electrons. The molecule has 7 nitrogen and oxygen atoms in total. The highest BCUT2D eigenvalue weighted by Gasteiger charge is 2.22. The maximum absolute atomic E-state index is 11.8. The van der Waals surface area contributed by atoms with Gasteiger partial charge < -0.3 is 19.9 Å². The summed E-state index contributed by atoms with van der Waals surface area (Å²) in [7, 11) is 0. The maximum Gasteiger partial charge on any atom is 0.246 e. The van der Waals surface area contributed by atoms with E-state index < -0.39 is 0 Å². The number of benzene rings is 1. The van der Waals surface area contributed by atoms with Gasteiger partial charge in [-0.15, -0.1) is 12.4 Å². The van der Waals surface area contributed by atoms with E-state index in [0.717, 1.165) is 25.1 Å². The molecule has 1 amide bonds. The summed E-state index contributed by atoms with van der Waals surface area (Å²) < 4.78 is 10.6. The molecular weight excluding hydrogens is 320 g/mol. The standard InChI is InChI=1S/C15H18N4O3.ClH/c20-15(12-7-4-8-16-12)17-9-14-18-13(19-22-14)10-21-11-5-2-1-3-6-11;/h1-3,5-6,12,16H,4,7-10H2,(H,17,20);1H. The molecule has 1 fully saturated rings. The summed E-state index contributed by atoms with van der Waals surface area (Å²) in [5.74, 6) is 1.54. The number of amides is 1. The second-order valence-electron chi connectivity index (χ2n) is 5.07. The summed E-state index contributed by atoms with van der Waals surface area (Å²) in [6.45, 7) is 1.35. The SMILES string of the molecule is Cl.O=C(NCc1nc(COc2ccccc2)no1)C1CCCN1. The normalized spacial score (nSPS) is 16.6. The molecule has 0 saturated carbocycles. The summed E-state index contributed by atoms with van der Waals surface area (Å²) in [5, 5.41) is 9.76. The number of hydrogen-bond acceptors (Lipinski definition) is 6. The summed E-state index contributed by atoms with van der Waals surface area (Å²) in [6.07, 6.45) is 1.89. The Hall–Kier alpha value is -2.12. The van der Waals surface area contributed by atoms with Gasteiger partial charge in [0.15, 0.2) is 6.61 Å². The van der Waals surface area contributed by atoms with Crippen LogP contribution in [-0.2, 0) is 17.9 Å². The van der Waals surface area contributed by atoms with Crippen molar-refractivity contribution in [3.63, 3.8) is 0 Å². The van der Waals surface area contributed by atoms with Crippen molar-refractivity contribution in [3.8, 4) is 5.75 Å². The maximum atomic E-state index is 11.8. The van der Waals surface area contributed by atoms with Crippen LogP contribution >= 0.6 is 12.4 Å². The van der Waals surface area contributed by atoms with Crippen molar-refractivity contribution in [2.75, 3.05) is 6.54 Å². The van der Waals surface area contributed by atoms with Crippen molar-refractivity contribution >= 4 is 18.3 Å². The van der Waals surface area contributed by atoms with Crippen molar-refractivity contribution in [2.45, 2.75) is 32.0 Å². The zero-order valence-corrected chi connectivity index (χ0v) is 13.3. The molecule has 2 heterocycles. The predicted molar refractivity (Wildman–Crippen MR) is 85.2 cm³/mol. The van der Waals surface area contributed by atoms with E-state index >= 15 is 0 Å². The van der Waals surface area contributed by atoms with E-state index in [9.17, 15) is 4.79 Å². The molecule has 0 bridgehead atoms. The quantitative estimate of drug-likeness (QED) is 0.828. The first-order valence-electron chi connectivity index (χ1n) is 7.31. The molecule has 1 saturated heterocycles. The summed E-state index contributed by atoms with van der Waals surface area (Å²) in [5.41, 5.74) is 0. The molecule has 2 aromatic rings. The van der Waals surface area contributed by atoms with Gasteiger partial charge in [-0.1, -0.05) is 23.4 Å². The van der Waals surface area contributed by atoms with E-state index in [1.165, 1.54) is 0 Å². The summed E-state index contributed by atoms with van der Waals surface area (Å²) in [4.78, 5) is 16.0. The van der Waals surface area contributed by atoms with Crippen LogP contribution in [0.4, 0.5) is 0 Å². The van der Waals surface area contributed by atoms with Crippen molar-refractivity contribution < 1.29 is 14.1 Å². The van der Waals surface area contributed by atoms with Gasteiger partial charge in [0.25, 0.3) is 0 Å². The lowest BCUT2D eigenvalue weighted by atomic mass is 10.2. The van der Waals surface area contributed by atoms with Crippen LogP contribution in [0.25, 0.3) is 0 Å². The minimum absolute atomic E-state index is 0. The summed E-state index contributed by atoms with van der Waals surface area (Å²) in [6, 6.07) is 9.31. The lowest BCUT2D eigenvalue weighted by Crippen LogP contribution is -2.40. The number of carbonyl (C=O) groups excluding carboxylic acids is 1. The molecule has 124 valence electrons. The number of nitrogens with zero attached hydrogens (tertiary/aromatic N) is 2. The fourth-order valence-corrected chi connectivity index (χ4v) is 2.28. The molecule has 1 aromatic carbocycles. The lowest BCUT2D eigenvalue weighted by molar-refractivity contribution is -0.123. The molecule has 0 aliphatic carbocycles. The predicted octanol–water partition coefficient (Wildman–Crippen LogP) is 1.44. The topological polar surface area (TPSA) is 89.3 Å². The van der Waals surface area contributed by atoms with Gasteiger partial charge in [0.1, 0.15) is 5.75 Å². The highest BCUT2D eigenvalue weighted by molar-refractivity contribution is 5.85. The Kier molecular flexibility index (Phi) is 6.37. The molecule has 1 unspecified atom stereocenters. The van der Waals surface area contributed by atoms with Gasteiger partial charge in [-0.05, 0) is 31.5 Å². The van der Waals surface area contributed by atoms with E-state index in [1.807, 2.05) is 30.3 Å². The number of para-hydroxylation sites is 1. The Bertz CT molecular complexity index is 614. The van der Waals surface area contributed by atoms with Crippen LogP contribution in [0.15, 0.2) is 34.9 Å². The second kappa shape index (κ2) is 8.50. The minimum atomic E-state index is -0.108. The average Bonchev–Trinajstić information content (AvgIpc) is 3.23. The number of aromatic nitrogens is 2. The molecule has 1 aromatic heterocycles. The van der Waals surface area contributed by atoms with E-state index in [1.54, 1.807) is 0 Å². The number of halogens is 1. The molecule has 3 rings (SSSR count). The van der Waals surface area contributed by atoms with Gasteiger partial charge in [0, 0.05) is 0 Å². The Morgan fingerprint density at radius 3 is 2.96 bits per heavy atom. The number of carbonyl (C=O) groups is 1. The van der Waals surface area contributed by atoms with Gasteiger partial charge in [-0.3, -0.25) is 4.79 Å². The highest BCUT2D eigenvalue weighted by atomic mass is 35.5. The smallest absolute Gasteiger partial charge is 0.246 e. The van der Waals surface area contributed by atoms with Gasteiger partial charge in [0.05, 0.1) is 12.6 Å². The fourth-order valence-electron chi connectivity index (χ4n) is 2.28. The van der Waals surface area contributed by atoms with Crippen molar-refractivity contribution in [3.05, 3.63) is 42.0 Å². The van der Waals surface area contributed by atoms with Crippen LogP contribution in [0, 0.1) is 0 Å². The Morgan fingerprint density at radius 2 is 2.22 bits per heavy atom. The van der Waals surface area contributed by atoms with Crippen molar-refractivity contribution in [1.29, 1.82) is 0 Å². The first kappa shape index (κ1) is 17.2. The molecule has 1 aliphatic rings. The van der Waals surface area contributed by atoms with Gasteiger partial charge in [0.2, 0.25) is 17.6 Å². The molecule has 1 atom stereocenters.